The van der Waals surface area contributed by atoms with Crippen molar-refractivity contribution < 1.29 is 53.2 Å². The molecule has 0 spiro atoms. The summed E-state index contributed by atoms with van der Waals surface area (Å²) in [6.45, 7) is -0.300. The molecule has 3 aromatic rings. The Balaban J connectivity index is 1.95. The monoisotopic (exact) mass is 664 g/mol. The van der Waals surface area contributed by atoms with Gasteiger partial charge in [-0.1, -0.05) is 17.2 Å². The SMILES string of the molecule is Nc1c(N=Nc2ccc(S(=O)(=O)CCOSOOO)cc2)cc(S(=O)(=O)O)c(N)c1N=Nc1ccccc1S(=O)(=O)O. The highest BCUT2D eigenvalue weighted by atomic mass is 32.2. The average Bonchev–Trinajstić information content (AvgIpc) is 2.91. The molecule has 0 amide bonds. The van der Waals surface area contributed by atoms with Crippen molar-refractivity contribution in [2.24, 2.45) is 20.5 Å². The van der Waals surface area contributed by atoms with Gasteiger partial charge in [-0.05, 0) is 42.5 Å². The summed E-state index contributed by atoms with van der Waals surface area (Å²) in [6.07, 6.45) is 0. The van der Waals surface area contributed by atoms with E-state index in [2.05, 4.69) is 29.8 Å². The summed E-state index contributed by atoms with van der Waals surface area (Å²) in [5.41, 5.74) is 9.78. The van der Waals surface area contributed by atoms with Crippen LogP contribution >= 0.6 is 12.3 Å². The van der Waals surface area contributed by atoms with Crippen molar-refractivity contribution in [2.75, 3.05) is 23.8 Å². The molecule has 3 rings (SSSR count). The Kier molecular flexibility index (Phi) is 10.7. The molecule has 0 aliphatic carbocycles. The highest BCUT2D eigenvalue weighted by molar-refractivity contribution is 7.91. The number of azo groups is 2. The summed E-state index contributed by atoms with van der Waals surface area (Å²) in [5, 5.41) is 26.4. The molecule has 42 heavy (non-hydrogen) atoms. The predicted octanol–water partition coefficient (Wildman–Crippen LogP) is 3.95. The normalized spacial score (nSPS) is 12.8. The van der Waals surface area contributed by atoms with Crippen molar-refractivity contribution in [3.8, 4) is 0 Å². The van der Waals surface area contributed by atoms with Gasteiger partial charge in [0.25, 0.3) is 20.2 Å². The molecular weight excluding hydrogens is 645 g/mol. The van der Waals surface area contributed by atoms with E-state index < -0.39 is 57.0 Å². The van der Waals surface area contributed by atoms with Crippen molar-refractivity contribution >= 4 is 76.5 Å². The van der Waals surface area contributed by atoms with E-state index in [4.69, 9.17) is 20.9 Å². The van der Waals surface area contributed by atoms with Gasteiger partial charge < -0.3 is 11.5 Å². The van der Waals surface area contributed by atoms with E-state index in [0.717, 1.165) is 12.1 Å². The summed E-state index contributed by atoms with van der Waals surface area (Å²) in [5.74, 6) is -0.442. The quantitative estimate of drug-likeness (QED) is 0.0328. The lowest BCUT2D eigenvalue weighted by molar-refractivity contribution is -0.434. The van der Waals surface area contributed by atoms with E-state index >= 15 is 0 Å². The second-order valence-corrected chi connectivity index (χ2v) is 13.1. The Bertz CT molecular complexity index is 1830. The van der Waals surface area contributed by atoms with Gasteiger partial charge in [0.15, 0.2) is 22.2 Å². The van der Waals surface area contributed by atoms with Gasteiger partial charge in [-0.3, -0.25) is 13.3 Å². The number of benzene rings is 3. The van der Waals surface area contributed by atoms with Crippen LogP contribution in [0.15, 0.2) is 89.7 Å². The maximum absolute atomic E-state index is 12.4. The summed E-state index contributed by atoms with van der Waals surface area (Å²) >= 11 is 0.223. The molecule has 7 N–H and O–H groups in total. The third-order valence-electron chi connectivity index (χ3n) is 5.01. The van der Waals surface area contributed by atoms with Gasteiger partial charge >= 0.3 is 0 Å². The lowest BCUT2D eigenvalue weighted by Crippen LogP contribution is -2.10. The lowest BCUT2D eigenvalue weighted by atomic mass is 10.2. The molecule has 226 valence electrons. The number of hydrogen-bond acceptors (Lipinski definition) is 17. The van der Waals surface area contributed by atoms with Crippen LogP contribution in [0.4, 0.5) is 34.1 Å². The summed E-state index contributed by atoms with van der Waals surface area (Å²) in [7, 11) is -13.4. The van der Waals surface area contributed by atoms with E-state index in [0.29, 0.717) is 0 Å². The number of hydrogen-bond donors (Lipinski definition) is 5. The van der Waals surface area contributed by atoms with Crippen LogP contribution in [0.1, 0.15) is 0 Å². The minimum absolute atomic E-state index is 0.0945. The first-order chi connectivity index (χ1) is 19.6. The van der Waals surface area contributed by atoms with Gasteiger partial charge in [0.05, 0.1) is 34.3 Å². The van der Waals surface area contributed by atoms with Gasteiger partial charge in [0, 0.05) is 0 Å². The fourth-order valence-electron chi connectivity index (χ4n) is 3.09. The van der Waals surface area contributed by atoms with Crippen LogP contribution in [0.25, 0.3) is 0 Å². The average molecular weight is 665 g/mol. The predicted molar refractivity (Wildman–Crippen MR) is 147 cm³/mol. The number of rotatable bonds is 13. The highest BCUT2D eigenvalue weighted by Gasteiger charge is 2.23. The van der Waals surface area contributed by atoms with E-state index in [-0.39, 0.29) is 46.6 Å². The zero-order valence-corrected chi connectivity index (χ0v) is 24.0. The first-order valence-corrected chi connectivity index (χ1v) is 16.0. The molecule has 0 bridgehead atoms. The third kappa shape index (κ3) is 8.48. The molecule has 0 aromatic heterocycles. The number of sulfone groups is 1. The zero-order valence-electron chi connectivity index (χ0n) is 20.7. The molecule has 3 aromatic carbocycles. The summed E-state index contributed by atoms with van der Waals surface area (Å²) < 4.78 is 99.7. The molecular formula is C20H20N6O12S4. The van der Waals surface area contributed by atoms with Crippen LogP contribution < -0.4 is 11.5 Å². The lowest BCUT2D eigenvalue weighted by Gasteiger charge is -2.10. The molecule has 0 heterocycles. The van der Waals surface area contributed by atoms with E-state index in [1.807, 2.05) is 0 Å². The summed E-state index contributed by atoms with van der Waals surface area (Å²) in [6, 6.07) is 10.7. The fraction of sp³-hybridized carbons (Fsp3) is 0.100. The second-order valence-electron chi connectivity index (χ2n) is 7.73. The molecule has 22 heteroatoms. The number of anilines is 2. The van der Waals surface area contributed by atoms with Crippen LogP contribution in [0.2, 0.25) is 0 Å². The fourth-order valence-corrected chi connectivity index (χ4v) is 5.76. The summed E-state index contributed by atoms with van der Waals surface area (Å²) in [4.78, 5) is -1.57. The van der Waals surface area contributed by atoms with Crippen molar-refractivity contribution in [1.29, 1.82) is 0 Å². The van der Waals surface area contributed by atoms with Gasteiger partial charge in [-0.25, -0.2) is 13.7 Å². The van der Waals surface area contributed by atoms with E-state index in [1.54, 1.807) is 0 Å². The van der Waals surface area contributed by atoms with E-state index in [1.165, 1.54) is 42.5 Å². The Morgan fingerprint density at radius 2 is 1.38 bits per heavy atom. The van der Waals surface area contributed by atoms with Gasteiger partial charge in [-0.15, -0.1) is 19.7 Å². The molecule has 18 nitrogen and oxygen atoms in total. The first kappa shape index (κ1) is 32.9. The van der Waals surface area contributed by atoms with Gasteiger partial charge in [0.1, 0.15) is 26.9 Å². The highest BCUT2D eigenvalue weighted by Crippen LogP contribution is 2.43. The number of nitrogens with zero attached hydrogens (tertiary/aromatic N) is 4. The molecule has 0 atom stereocenters. The van der Waals surface area contributed by atoms with Crippen LogP contribution in [0, 0.1) is 0 Å². The van der Waals surface area contributed by atoms with Gasteiger partial charge in [0.2, 0.25) is 0 Å². The van der Waals surface area contributed by atoms with Gasteiger partial charge in [-0.2, -0.15) is 21.9 Å². The largest absolute Gasteiger partial charge is 0.396 e. The smallest absolute Gasteiger partial charge is 0.296 e. The zero-order chi connectivity index (χ0) is 31.1. The van der Waals surface area contributed by atoms with E-state index in [9.17, 15) is 34.4 Å². The van der Waals surface area contributed by atoms with Crippen molar-refractivity contribution in [1.82, 2.24) is 0 Å². The minimum atomic E-state index is -4.95. The number of nitrogen functional groups attached to an aromatic ring is 2. The van der Waals surface area contributed by atoms with Crippen LogP contribution in [0.5, 0.6) is 0 Å². The third-order valence-corrected chi connectivity index (χ3v) is 8.88. The first-order valence-electron chi connectivity index (χ1n) is 10.8. The molecule has 0 radical (unpaired) electrons. The molecule has 0 saturated carbocycles. The molecule has 0 saturated heterocycles. The standard InChI is InChI=1S/C20H20N6O12S4/c21-18-15(25-23-12-5-7-13(8-6-12)40(28,29)10-9-36-39-38-37-27)11-17(42(33,34)35)19(22)20(18)26-24-14-3-1-2-4-16(14)41(30,31)32/h1-8,11,27H,9-10,21-22H2,(H,30,31,32)(H,33,34,35). The Hall–Kier alpha value is -3.58. The molecule has 0 unspecified atom stereocenters. The van der Waals surface area contributed by atoms with Crippen LogP contribution in [-0.4, -0.2) is 52.0 Å². The minimum Gasteiger partial charge on any atom is -0.396 e. The van der Waals surface area contributed by atoms with Crippen LogP contribution in [-0.2, 0) is 43.6 Å². The molecule has 0 aliphatic rings. The topological polar surface area (TPSA) is 292 Å². The molecule has 0 aliphatic heterocycles. The second kappa shape index (κ2) is 13.6. The van der Waals surface area contributed by atoms with Crippen molar-refractivity contribution in [3.63, 3.8) is 0 Å². The van der Waals surface area contributed by atoms with Crippen LogP contribution in [0.3, 0.4) is 0 Å². The van der Waals surface area contributed by atoms with Crippen molar-refractivity contribution in [3.05, 3.63) is 54.6 Å². The Labute approximate surface area is 242 Å². The maximum atomic E-state index is 12.4. The molecule has 0 fully saturated rings. The Morgan fingerprint density at radius 1 is 0.762 bits per heavy atom. The number of nitrogens with two attached hydrogens (primary N) is 2. The maximum Gasteiger partial charge on any atom is 0.296 e. The van der Waals surface area contributed by atoms with Crippen molar-refractivity contribution in [2.45, 2.75) is 14.7 Å². The Morgan fingerprint density at radius 3 is 2.00 bits per heavy atom.